The van der Waals surface area contributed by atoms with Crippen molar-refractivity contribution in [2.45, 2.75) is 33.2 Å². The van der Waals surface area contributed by atoms with Gasteiger partial charge in [-0.3, -0.25) is 0 Å². The van der Waals surface area contributed by atoms with Gasteiger partial charge in [-0.15, -0.1) is 11.3 Å². The second kappa shape index (κ2) is 6.99. The SMILES string of the molecule is CCCOCC(NCC)c1ccsc1C. The predicted octanol–water partition coefficient (Wildman–Crippen LogP) is 3.13. The molecule has 0 bridgehead atoms. The lowest BCUT2D eigenvalue weighted by Gasteiger charge is -2.18. The molecule has 1 atom stereocenters. The zero-order chi connectivity index (χ0) is 11.1. The highest BCUT2D eigenvalue weighted by molar-refractivity contribution is 7.10. The Kier molecular flexibility index (Phi) is 5.91. The minimum Gasteiger partial charge on any atom is -0.379 e. The predicted molar refractivity (Wildman–Crippen MR) is 66.6 cm³/mol. The van der Waals surface area contributed by atoms with Gasteiger partial charge in [0.2, 0.25) is 0 Å². The zero-order valence-corrected chi connectivity index (χ0v) is 10.7. The molecule has 0 radical (unpaired) electrons. The third kappa shape index (κ3) is 3.93. The molecule has 1 heterocycles. The number of ether oxygens (including phenoxy) is 1. The van der Waals surface area contributed by atoms with E-state index in [-0.39, 0.29) is 0 Å². The van der Waals surface area contributed by atoms with E-state index in [1.54, 1.807) is 11.3 Å². The molecule has 2 nitrogen and oxygen atoms in total. The fraction of sp³-hybridized carbons (Fsp3) is 0.667. The van der Waals surface area contributed by atoms with E-state index in [1.807, 2.05) is 0 Å². The van der Waals surface area contributed by atoms with E-state index in [0.29, 0.717) is 6.04 Å². The van der Waals surface area contributed by atoms with Gasteiger partial charge in [-0.1, -0.05) is 13.8 Å². The van der Waals surface area contributed by atoms with Gasteiger partial charge in [0.05, 0.1) is 12.6 Å². The van der Waals surface area contributed by atoms with Crippen molar-refractivity contribution in [2.75, 3.05) is 19.8 Å². The Morgan fingerprint density at radius 2 is 2.27 bits per heavy atom. The molecular weight excluding hydrogens is 206 g/mol. The van der Waals surface area contributed by atoms with E-state index >= 15 is 0 Å². The smallest absolute Gasteiger partial charge is 0.0661 e. The standard InChI is InChI=1S/C12H21NOS/c1-4-7-14-9-12(13-5-2)11-6-8-15-10(11)3/h6,8,12-13H,4-5,7,9H2,1-3H3. The third-order valence-corrected chi connectivity index (χ3v) is 3.22. The summed E-state index contributed by atoms with van der Waals surface area (Å²) >= 11 is 1.80. The maximum Gasteiger partial charge on any atom is 0.0661 e. The number of rotatable bonds is 7. The molecule has 0 saturated heterocycles. The van der Waals surface area contributed by atoms with Gasteiger partial charge in [0, 0.05) is 11.5 Å². The fourth-order valence-corrected chi connectivity index (χ4v) is 2.37. The van der Waals surface area contributed by atoms with Gasteiger partial charge in [0.25, 0.3) is 0 Å². The van der Waals surface area contributed by atoms with E-state index in [0.717, 1.165) is 26.2 Å². The van der Waals surface area contributed by atoms with Crippen LogP contribution in [0.5, 0.6) is 0 Å². The molecule has 1 N–H and O–H groups in total. The maximum atomic E-state index is 5.62. The summed E-state index contributed by atoms with van der Waals surface area (Å²) in [6.07, 6.45) is 1.08. The van der Waals surface area contributed by atoms with Gasteiger partial charge in [-0.2, -0.15) is 0 Å². The van der Waals surface area contributed by atoms with Gasteiger partial charge < -0.3 is 10.1 Å². The Hall–Kier alpha value is -0.380. The molecule has 0 aliphatic heterocycles. The minimum absolute atomic E-state index is 0.354. The summed E-state index contributed by atoms with van der Waals surface area (Å²) in [4.78, 5) is 1.39. The van der Waals surface area contributed by atoms with E-state index < -0.39 is 0 Å². The fourth-order valence-electron chi connectivity index (χ4n) is 1.61. The Balaban J connectivity index is 2.53. The van der Waals surface area contributed by atoms with Crippen molar-refractivity contribution in [1.29, 1.82) is 0 Å². The molecule has 3 heteroatoms. The van der Waals surface area contributed by atoms with Gasteiger partial charge in [-0.25, -0.2) is 0 Å². The molecular formula is C12H21NOS. The minimum atomic E-state index is 0.354. The molecule has 1 unspecified atom stereocenters. The average molecular weight is 227 g/mol. The van der Waals surface area contributed by atoms with Crippen LogP contribution in [-0.2, 0) is 4.74 Å². The van der Waals surface area contributed by atoms with Crippen LogP contribution in [0.4, 0.5) is 0 Å². The van der Waals surface area contributed by atoms with Crippen LogP contribution in [0.15, 0.2) is 11.4 Å². The van der Waals surface area contributed by atoms with Crippen molar-refractivity contribution >= 4 is 11.3 Å². The van der Waals surface area contributed by atoms with Crippen molar-refractivity contribution in [1.82, 2.24) is 5.32 Å². The highest BCUT2D eigenvalue weighted by atomic mass is 32.1. The molecule has 0 aromatic carbocycles. The Morgan fingerprint density at radius 1 is 1.47 bits per heavy atom. The van der Waals surface area contributed by atoms with E-state index in [9.17, 15) is 0 Å². The summed E-state index contributed by atoms with van der Waals surface area (Å²) in [6.45, 7) is 9.05. The first-order valence-corrected chi connectivity index (χ1v) is 6.52. The maximum absolute atomic E-state index is 5.62. The highest BCUT2D eigenvalue weighted by Gasteiger charge is 2.13. The van der Waals surface area contributed by atoms with Crippen LogP contribution in [0, 0.1) is 6.92 Å². The summed E-state index contributed by atoms with van der Waals surface area (Å²) in [5, 5.41) is 5.61. The second-order valence-corrected chi connectivity index (χ2v) is 4.74. The molecule has 1 rings (SSSR count). The van der Waals surface area contributed by atoms with Gasteiger partial charge >= 0.3 is 0 Å². The number of hydrogen-bond acceptors (Lipinski definition) is 3. The lowest BCUT2D eigenvalue weighted by molar-refractivity contribution is 0.112. The number of hydrogen-bond donors (Lipinski definition) is 1. The van der Waals surface area contributed by atoms with Crippen LogP contribution < -0.4 is 5.32 Å². The molecule has 15 heavy (non-hydrogen) atoms. The topological polar surface area (TPSA) is 21.3 Å². The molecule has 0 aliphatic rings. The van der Waals surface area contributed by atoms with Crippen molar-refractivity contribution in [3.8, 4) is 0 Å². The van der Waals surface area contributed by atoms with Crippen LogP contribution in [0.25, 0.3) is 0 Å². The number of thiophene rings is 1. The normalized spacial score (nSPS) is 13.0. The van der Waals surface area contributed by atoms with Crippen molar-refractivity contribution in [2.24, 2.45) is 0 Å². The summed E-state index contributed by atoms with van der Waals surface area (Å²) in [7, 11) is 0. The summed E-state index contributed by atoms with van der Waals surface area (Å²) < 4.78 is 5.62. The molecule has 0 spiro atoms. The summed E-state index contributed by atoms with van der Waals surface area (Å²) in [5.74, 6) is 0. The van der Waals surface area contributed by atoms with Crippen molar-refractivity contribution < 1.29 is 4.74 Å². The third-order valence-electron chi connectivity index (χ3n) is 2.36. The number of aryl methyl sites for hydroxylation is 1. The first-order chi connectivity index (χ1) is 7.29. The Bertz CT molecular complexity index is 272. The first kappa shape index (κ1) is 12.7. The quantitative estimate of drug-likeness (QED) is 0.723. The van der Waals surface area contributed by atoms with Crippen LogP contribution in [-0.4, -0.2) is 19.8 Å². The molecule has 0 aliphatic carbocycles. The highest BCUT2D eigenvalue weighted by Crippen LogP contribution is 2.22. The van der Waals surface area contributed by atoms with Crippen molar-refractivity contribution in [3.63, 3.8) is 0 Å². The number of likely N-dealkylation sites (N-methyl/N-ethyl adjacent to an activating group) is 1. The Morgan fingerprint density at radius 3 is 2.80 bits per heavy atom. The molecule has 1 aromatic rings. The molecule has 0 amide bonds. The Labute approximate surface area is 96.7 Å². The van der Waals surface area contributed by atoms with E-state index in [1.165, 1.54) is 10.4 Å². The molecule has 86 valence electrons. The lowest BCUT2D eigenvalue weighted by atomic mass is 10.1. The monoisotopic (exact) mass is 227 g/mol. The van der Waals surface area contributed by atoms with E-state index in [2.05, 4.69) is 37.5 Å². The number of nitrogens with one attached hydrogen (secondary N) is 1. The van der Waals surface area contributed by atoms with Gasteiger partial charge in [0.1, 0.15) is 0 Å². The summed E-state index contributed by atoms with van der Waals surface area (Å²) in [6, 6.07) is 2.55. The van der Waals surface area contributed by atoms with Gasteiger partial charge in [-0.05, 0) is 36.9 Å². The first-order valence-electron chi connectivity index (χ1n) is 5.64. The van der Waals surface area contributed by atoms with E-state index in [4.69, 9.17) is 4.74 Å². The molecule has 0 saturated carbocycles. The average Bonchev–Trinajstić information content (AvgIpc) is 2.64. The van der Waals surface area contributed by atoms with Crippen LogP contribution in [0.3, 0.4) is 0 Å². The largest absolute Gasteiger partial charge is 0.379 e. The van der Waals surface area contributed by atoms with Crippen molar-refractivity contribution in [3.05, 3.63) is 21.9 Å². The van der Waals surface area contributed by atoms with Crippen LogP contribution in [0.2, 0.25) is 0 Å². The lowest BCUT2D eigenvalue weighted by Crippen LogP contribution is -2.25. The van der Waals surface area contributed by atoms with Crippen LogP contribution in [0.1, 0.15) is 36.8 Å². The van der Waals surface area contributed by atoms with Crippen LogP contribution >= 0.6 is 11.3 Å². The molecule has 0 fully saturated rings. The zero-order valence-electron chi connectivity index (χ0n) is 9.88. The van der Waals surface area contributed by atoms with Gasteiger partial charge in [0.15, 0.2) is 0 Å². The molecule has 1 aromatic heterocycles. The second-order valence-electron chi connectivity index (χ2n) is 3.62. The summed E-state index contributed by atoms with van der Waals surface area (Å²) in [5.41, 5.74) is 1.39.